The molecule has 0 aliphatic heterocycles. The number of nitrogens with zero attached hydrogens (tertiary/aromatic N) is 5. The first kappa shape index (κ1) is 16.8. The van der Waals surface area contributed by atoms with Crippen molar-refractivity contribution in [2.75, 3.05) is 11.6 Å². The van der Waals surface area contributed by atoms with E-state index in [-0.39, 0.29) is 23.1 Å². The average molecular weight is 340 g/mol. The van der Waals surface area contributed by atoms with E-state index in [1.807, 2.05) is 13.8 Å². The Morgan fingerprint density at radius 2 is 2.13 bits per heavy atom. The minimum Gasteiger partial charge on any atom is -0.478 e. The summed E-state index contributed by atoms with van der Waals surface area (Å²) in [6.07, 6.45) is 1.74. The molecule has 2 aromatic heterocycles. The fourth-order valence-electron chi connectivity index (χ4n) is 1.64. The van der Waals surface area contributed by atoms with Crippen molar-refractivity contribution in [3.63, 3.8) is 0 Å². The first-order valence-corrected chi connectivity index (χ1v) is 8.58. The Bertz CT molecular complexity index is 832. The summed E-state index contributed by atoms with van der Waals surface area (Å²) in [6.45, 7) is 3.89. The predicted molar refractivity (Wildman–Crippen MR) is 81.6 cm³/mol. The van der Waals surface area contributed by atoms with E-state index in [0.29, 0.717) is 10.0 Å². The van der Waals surface area contributed by atoms with Crippen molar-refractivity contribution in [2.45, 2.75) is 26.3 Å². The topological polar surface area (TPSA) is 140 Å². The van der Waals surface area contributed by atoms with Crippen LogP contribution in [0.2, 0.25) is 0 Å². The molecule has 0 fully saturated rings. The molecule has 124 valence electrons. The van der Waals surface area contributed by atoms with Gasteiger partial charge in [-0.05, 0) is 34.9 Å². The lowest BCUT2D eigenvalue weighted by atomic mass is 10.2. The first-order chi connectivity index (χ1) is 10.7. The largest absolute Gasteiger partial charge is 0.478 e. The molecule has 0 bridgehead atoms. The lowest BCUT2D eigenvalue weighted by Gasteiger charge is -2.13. The molecular weight excluding hydrogens is 324 g/mol. The summed E-state index contributed by atoms with van der Waals surface area (Å²) in [4.78, 5) is 15.5. The van der Waals surface area contributed by atoms with Gasteiger partial charge in [0.05, 0.1) is 11.8 Å². The van der Waals surface area contributed by atoms with Crippen LogP contribution in [0.3, 0.4) is 0 Å². The average Bonchev–Trinajstić information content (AvgIpc) is 2.96. The number of carboxylic acids is 1. The minimum absolute atomic E-state index is 0.0171. The van der Waals surface area contributed by atoms with Crippen LogP contribution in [0.1, 0.15) is 30.6 Å². The van der Waals surface area contributed by atoms with E-state index in [9.17, 15) is 18.3 Å². The molecule has 0 aliphatic carbocycles. The van der Waals surface area contributed by atoms with Crippen LogP contribution < -0.4 is 5.32 Å². The summed E-state index contributed by atoms with van der Waals surface area (Å²) in [6, 6.07) is 2.73. The highest BCUT2D eigenvalue weighted by atomic mass is 32.2. The van der Waals surface area contributed by atoms with E-state index in [1.165, 1.54) is 12.1 Å². The zero-order chi connectivity index (χ0) is 17.2. The second kappa shape index (κ2) is 6.28. The normalized spacial score (nSPS) is 12.8. The molecule has 23 heavy (non-hydrogen) atoms. The molecule has 0 saturated heterocycles. The Balaban J connectivity index is 2.48. The van der Waals surface area contributed by atoms with Crippen molar-refractivity contribution in [2.24, 2.45) is 0 Å². The maximum absolute atomic E-state index is 11.4. The summed E-state index contributed by atoms with van der Waals surface area (Å²) in [5, 5.41) is 23.0. The van der Waals surface area contributed by atoms with Crippen molar-refractivity contribution < 1.29 is 18.3 Å². The van der Waals surface area contributed by atoms with Crippen LogP contribution in [0.5, 0.6) is 0 Å². The van der Waals surface area contributed by atoms with Crippen molar-refractivity contribution >= 4 is 21.8 Å². The Morgan fingerprint density at radius 1 is 1.43 bits per heavy atom. The van der Waals surface area contributed by atoms with E-state index in [1.54, 1.807) is 0 Å². The van der Waals surface area contributed by atoms with Crippen LogP contribution in [0.4, 0.5) is 5.82 Å². The second-order valence-corrected chi connectivity index (χ2v) is 6.78. The fraction of sp³-hybridized carbons (Fsp3) is 0.417. The maximum Gasteiger partial charge on any atom is 0.335 e. The Morgan fingerprint density at radius 3 is 2.65 bits per heavy atom. The summed E-state index contributed by atoms with van der Waals surface area (Å²) >= 11 is 0. The Kier molecular flexibility index (Phi) is 4.59. The third-order valence-electron chi connectivity index (χ3n) is 3.00. The first-order valence-electron chi connectivity index (χ1n) is 6.73. The van der Waals surface area contributed by atoms with Gasteiger partial charge in [-0.1, -0.05) is 6.92 Å². The number of hydrogen-bond acceptors (Lipinski definition) is 8. The van der Waals surface area contributed by atoms with E-state index in [0.717, 1.165) is 12.7 Å². The van der Waals surface area contributed by atoms with Crippen LogP contribution in [0.25, 0.3) is 11.5 Å². The van der Waals surface area contributed by atoms with Crippen LogP contribution in [0.15, 0.2) is 12.1 Å². The molecule has 0 aliphatic rings. The SMILES string of the molecule is CCC(C)Nc1cc(C(=O)O)cc(-c2nnn(S(C)(=O)=O)n2)n1. The zero-order valence-electron chi connectivity index (χ0n) is 12.8. The quantitative estimate of drug-likeness (QED) is 0.766. The fourth-order valence-corrected chi connectivity index (χ4v) is 2.04. The molecule has 2 heterocycles. The summed E-state index contributed by atoms with van der Waals surface area (Å²) in [5.74, 6) is -0.882. The van der Waals surface area contributed by atoms with Gasteiger partial charge in [0.15, 0.2) is 0 Å². The second-order valence-electron chi connectivity index (χ2n) is 4.98. The number of aromatic carboxylic acids is 1. The monoisotopic (exact) mass is 340 g/mol. The molecule has 0 radical (unpaired) electrons. The minimum atomic E-state index is -3.68. The number of tetrazole rings is 1. The number of hydrogen-bond donors (Lipinski definition) is 2. The van der Waals surface area contributed by atoms with Gasteiger partial charge in [-0.3, -0.25) is 0 Å². The maximum atomic E-state index is 11.4. The van der Waals surface area contributed by atoms with Crippen LogP contribution in [-0.2, 0) is 10.0 Å². The summed E-state index contributed by atoms with van der Waals surface area (Å²) in [7, 11) is -3.68. The molecule has 2 aromatic rings. The number of anilines is 1. The Hall–Kier alpha value is -2.56. The standard InChI is InChI=1S/C12H16N6O4S/c1-4-7(2)13-10-6-8(12(19)20)5-9(14-10)11-15-17-18(16-11)23(3,21)22/h5-7H,4H2,1-3H3,(H,13,14)(H,19,20). The van der Waals surface area contributed by atoms with Gasteiger partial charge in [0.1, 0.15) is 11.5 Å². The molecule has 1 atom stereocenters. The number of carbonyl (C=O) groups is 1. The van der Waals surface area contributed by atoms with E-state index < -0.39 is 16.0 Å². The van der Waals surface area contributed by atoms with Crippen molar-refractivity contribution in [3.8, 4) is 11.5 Å². The van der Waals surface area contributed by atoms with Gasteiger partial charge < -0.3 is 10.4 Å². The molecule has 11 heteroatoms. The van der Waals surface area contributed by atoms with E-state index in [2.05, 4.69) is 25.7 Å². The van der Waals surface area contributed by atoms with Crippen LogP contribution in [-0.4, -0.2) is 56.4 Å². The van der Waals surface area contributed by atoms with E-state index >= 15 is 0 Å². The van der Waals surface area contributed by atoms with Crippen LogP contribution >= 0.6 is 0 Å². The summed E-state index contributed by atoms with van der Waals surface area (Å²) < 4.78 is 23.2. The highest BCUT2D eigenvalue weighted by Crippen LogP contribution is 2.19. The highest BCUT2D eigenvalue weighted by molar-refractivity contribution is 7.88. The highest BCUT2D eigenvalue weighted by Gasteiger charge is 2.17. The number of aromatic nitrogens is 5. The molecule has 0 saturated carbocycles. The third-order valence-corrected chi connectivity index (χ3v) is 3.75. The number of carboxylic acid groups (broad SMARTS) is 1. The van der Waals surface area contributed by atoms with Gasteiger partial charge in [0.2, 0.25) is 5.82 Å². The number of pyridine rings is 1. The van der Waals surface area contributed by atoms with Gasteiger partial charge in [0, 0.05) is 6.04 Å². The van der Waals surface area contributed by atoms with E-state index in [4.69, 9.17) is 0 Å². The lowest BCUT2D eigenvalue weighted by molar-refractivity contribution is 0.0697. The molecular formula is C12H16N6O4S. The molecule has 10 nitrogen and oxygen atoms in total. The van der Waals surface area contributed by atoms with Crippen molar-refractivity contribution in [3.05, 3.63) is 17.7 Å². The smallest absolute Gasteiger partial charge is 0.335 e. The van der Waals surface area contributed by atoms with Gasteiger partial charge in [0.25, 0.3) is 10.0 Å². The Labute approximate surface area is 132 Å². The van der Waals surface area contributed by atoms with Crippen molar-refractivity contribution in [1.82, 2.24) is 24.6 Å². The van der Waals surface area contributed by atoms with Gasteiger partial charge >= 0.3 is 5.97 Å². The lowest BCUT2D eigenvalue weighted by Crippen LogP contribution is -2.15. The third kappa shape index (κ3) is 4.00. The molecule has 2 N–H and O–H groups in total. The van der Waals surface area contributed by atoms with Gasteiger partial charge in [-0.15, -0.1) is 10.2 Å². The zero-order valence-corrected chi connectivity index (χ0v) is 13.6. The number of nitrogens with one attached hydrogen (secondary N) is 1. The molecule has 0 aromatic carbocycles. The van der Waals surface area contributed by atoms with Gasteiger partial charge in [-0.2, -0.15) is 0 Å². The van der Waals surface area contributed by atoms with Gasteiger partial charge in [-0.25, -0.2) is 18.2 Å². The molecule has 1 unspecified atom stereocenters. The molecule has 2 rings (SSSR count). The molecule has 0 spiro atoms. The predicted octanol–water partition coefficient (Wildman–Crippen LogP) is 0.451. The van der Waals surface area contributed by atoms with Crippen LogP contribution in [0, 0.1) is 0 Å². The summed E-state index contributed by atoms with van der Waals surface area (Å²) in [5.41, 5.74) is 0.0992. The molecule has 0 amide bonds. The number of rotatable bonds is 6. The van der Waals surface area contributed by atoms with Crippen molar-refractivity contribution in [1.29, 1.82) is 0 Å².